The van der Waals surface area contributed by atoms with E-state index in [1.165, 1.54) is 0 Å². The van der Waals surface area contributed by atoms with Gasteiger partial charge in [-0.3, -0.25) is 4.99 Å². The van der Waals surface area contributed by atoms with Crippen LogP contribution in [0.4, 0.5) is 0 Å². The number of aliphatic imine (C=N–C) groups is 1. The topological polar surface area (TPSA) is 64.6 Å². The maximum Gasteiger partial charge on any atom is 0.194 e. The van der Waals surface area contributed by atoms with Crippen molar-refractivity contribution in [2.24, 2.45) is 4.99 Å². The third-order valence-electron chi connectivity index (χ3n) is 5.12. The molecule has 2 unspecified atom stereocenters. The first-order chi connectivity index (χ1) is 13.7. The molecule has 0 bridgehead atoms. The number of nitrogens with one attached hydrogen (secondary N) is 1. The van der Waals surface area contributed by atoms with Gasteiger partial charge >= 0.3 is 0 Å². The van der Waals surface area contributed by atoms with Gasteiger partial charge in [0.25, 0.3) is 0 Å². The number of hydrogen-bond acceptors (Lipinski definition) is 5. The highest BCUT2D eigenvalue weighted by molar-refractivity contribution is 5.80. The van der Waals surface area contributed by atoms with Crippen molar-refractivity contribution in [1.82, 2.24) is 10.2 Å². The van der Waals surface area contributed by atoms with E-state index in [4.69, 9.17) is 18.9 Å². The Morgan fingerprint density at radius 3 is 2.82 bits per heavy atom. The third-order valence-corrected chi connectivity index (χ3v) is 5.12. The van der Waals surface area contributed by atoms with Gasteiger partial charge in [0.2, 0.25) is 0 Å². The summed E-state index contributed by atoms with van der Waals surface area (Å²) in [5.41, 5.74) is 1.12. The average molecular weight is 392 g/mol. The molecule has 0 spiro atoms. The van der Waals surface area contributed by atoms with E-state index in [0.29, 0.717) is 19.8 Å². The van der Waals surface area contributed by atoms with Gasteiger partial charge in [0.1, 0.15) is 6.10 Å². The number of methoxy groups -OCH3 is 1. The van der Waals surface area contributed by atoms with Gasteiger partial charge in [-0.25, -0.2) is 0 Å². The maximum absolute atomic E-state index is 5.95. The normalized spacial score (nSPS) is 23.0. The summed E-state index contributed by atoms with van der Waals surface area (Å²) < 4.78 is 23.0. The summed E-state index contributed by atoms with van der Waals surface area (Å²) in [5, 5.41) is 3.46. The Balaban J connectivity index is 1.57. The van der Waals surface area contributed by atoms with Gasteiger partial charge in [0.05, 0.1) is 26.4 Å². The fraction of sp³-hybridized carbons (Fsp3) is 0.667. The van der Waals surface area contributed by atoms with Gasteiger partial charge in [-0.1, -0.05) is 13.0 Å². The molecule has 156 valence electrons. The van der Waals surface area contributed by atoms with Crippen LogP contribution in [-0.4, -0.2) is 70.1 Å². The summed E-state index contributed by atoms with van der Waals surface area (Å²) in [5.74, 6) is 2.43. The minimum atomic E-state index is 0.116. The number of benzene rings is 1. The van der Waals surface area contributed by atoms with E-state index in [9.17, 15) is 0 Å². The Kier molecular flexibility index (Phi) is 7.80. The SMILES string of the molecule is CCCOc1ccc(CNC(=NC)N2CCOC(C3CCCO3)C2)cc1OC. The highest BCUT2D eigenvalue weighted by Gasteiger charge is 2.32. The molecule has 7 heteroatoms. The second-order valence-corrected chi connectivity index (χ2v) is 7.14. The summed E-state index contributed by atoms with van der Waals surface area (Å²) in [7, 11) is 3.49. The van der Waals surface area contributed by atoms with Crippen molar-refractivity contribution in [3.8, 4) is 11.5 Å². The average Bonchev–Trinajstić information content (AvgIpc) is 3.28. The second kappa shape index (κ2) is 10.5. The minimum Gasteiger partial charge on any atom is -0.493 e. The smallest absolute Gasteiger partial charge is 0.194 e. The number of morpholine rings is 1. The first-order valence-corrected chi connectivity index (χ1v) is 10.2. The van der Waals surface area contributed by atoms with Crippen LogP contribution >= 0.6 is 0 Å². The molecule has 0 amide bonds. The minimum absolute atomic E-state index is 0.116. The van der Waals surface area contributed by atoms with Crippen molar-refractivity contribution in [2.45, 2.75) is 44.9 Å². The molecule has 0 aromatic heterocycles. The molecule has 1 aromatic carbocycles. The number of ether oxygens (including phenoxy) is 4. The fourth-order valence-corrected chi connectivity index (χ4v) is 3.66. The molecule has 1 N–H and O–H groups in total. The summed E-state index contributed by atoms with van der Waals surface area (Å²) in [4.78, 5) is 6.72. The molecule has 0 aliphatic carbocycles. The Morgan fingerprint density at radius 1 is 1.25 bits per heavy atom. The highest BCUT2D eigenvalue weighted by atomic mass is 16.5. The highest BCUT2D eigenvalue weighted by Crippen LogP contribution is 2.28. The van der Waals surface area contributed by atoms with Crippen LogP contribution in [0, 0.1) is 0 Å². The van der Waals surface area contributed by atoms with Gasteiger partial charge in [0, 0.05) is 33.3 Å². The molecule has 0 saturated carbocycles. The van der Waals surface area contributed by atoms with E-state index in [1.54, 1.807) is 7.11 Å². The fourth-order valence-electron chi connectivity index (χ4n) is 3.66. The van der Waals surface area contributed by atoms with Gasteiger partial charge in [-0.05, 0) is 37.0 Å². The molecule has 3 rings (SSSR count). The van der Waals surface area contributed by atoms with Gasteiger partial charge < -0.3 is 29.2 Å². The van der Waals surface area contributed by atoms with Crippen LogP contribution in [0.2, 0.25) is 0 Å². The van der Waals surface area contributed by atoms with Gasteiger partial charge in [-0.15, -0.1) is 0 Å². The maximum atomic E-state index is 5.95. The molecule has 2 heterocycles. The number of rotatable bonds is 7. The van der Waals surface area contributed by atoms with E-state index < -0.39 is 0 Å². The molecule has 0 radical (unpaired) electrons. The van der Waals surface area contributed by atoms with E-state index in [-0.39, 0.29) is 12.2 Å². The third kappa shape index (κ3) is 5.29. The van der Waals surface area contributed by atoms with E-state index in [2.05, 4.69) is 28.2 Å². The van der Waals surface area contributed by atoms with E-state index in [1.807, 2.05) is 19.2 Å². The molecule has 28 heavy (non-hydrogen) atoms. The molecular formula is C21H33N3O4. The van der Waals surface area contributed by atoms with Crippen LogP contribution < -0.4 is 14.8 Å². The monoisotopic (exact) mass is 391 g/mol. The molecule has 1 aromatic rings. The van der Waals surface area contributed by atoms with Crippen LogP contribution in [0.1, 0.15) is 31.7 Å². The number of hydrogen-bond donors (Lipinski definition) is 1. The van der Waals surface area contributed by atoms with Crippen LogP contribution in [-0.2, 0) is 16.0 Å². The van der Waals surface area contributed by atoms with Gasteiger partial charge in [0.15, 0.2) is 17.5 Å². The summed E-state index contributed by atoms with van der Waals surface area (Å²) in [6.07, 6.45) is 3.49. The molecule has 2 aliphatic rings. The van der Waals surface area contributed by atoms with Crippen molar-refractivity contribution in [2.75, 3.05) is 47.1 Å². The zero-order valence-corrected chi connectivity index (χ0v) is 17.3. The Morgan fingerprint density at radius 2 is 2.11 bits per heavy atom. The molecule has 2 aliphatic heterocycles. The predicted octanol–water partition coefficient (Wildman–Crippen LogP) is 2.44. The van der Waals surface area contributed by atoms with Crippen molar-refractivity contribution < 1.29 is 18.9 Å². The summed E-state index contributed by atoms with van der Waals surface area (Å²) in [6.45, 7) is 6.61. The van der Waals surface area contributed by atoms with Crippen LogP contribution in [0.15, 0.2) is 23.2 Å². The molecular weight excluding hydrogens is 358 g/mol. The standard InChI is InChI=1S/C21H33N3O4/c1-4-10-26-18-8-7-16(13-19(18)25-3)14-23-21(22-2)24-9-12-28-20(15-24)17-6-5-11-27-17/h7-8,13,17,20H,4-6,9-12,14-15H2,1-3H3,(H,22,23). The first kappa shape index (κ1) is 20.7. The lowest BCUT2D eigenvalue weighted by atomic mass is 10.1. The largest absolute Gasteiger partial charge is 0.493 e. The number of nitrogens with zero attached hydrogens (tertiary/aromatic N) is 2. The van der Waals surface area contributed by atoms with E-state index >= 15 is 0 Å². The van der Waals surface area contributed by atoms with E-state index in [0.717, 1.165) is 62.0 Å². The zero-order chi connectivity index (χ0) is 19.8. The summed E-state index contributed by atoms with van der Waals surface area (Å²) >= 11 is 0. The first-order valence-electron chi connectivity index (χ1n) is 10.2. The Bertz CT molecular complexity index is 647. The van der Waals surface area contributed by atoms with Crippen molar-refractivity contribution in [3.63, 3.8) is 0 Å². The molecule has 2 atom stereocenters. The van der Waals surface area contributed by atoms with Crippen molar-refractivity contribution in [3.05, 3.63) is 23.8 Å². The molecule has 2 fully saturated rings. The molecule has 7 nitrogen and oxygen atoms in total. The lowest BCUT2D eigenvalue weighted by molar-refractivity contribution is -0.0817. The second-order valence-electron chi connectivity index (χ2n) is 7.14. The van der Waals surface area contributed by atoms with Crippen LogP contribution in [0.25, 0.3) is 0 Å². The zero-order valence-electron chi connectivity index (χ0n) is 17.3. The lowest BCUT2D eigenvalue weighted by Crippen LogP contribution is -2.53. The Labute approximate surface area is 168 Å². The van der Waals surface area contributed by atoms with Crippen molar-refractivity contribution >= 4 is 5.96 Å². The lowest BCUT2D eigenvalue weighted by Gasteiger charge is -2.37. The number of guanidine groups is 1. The predicted molar refractivity (Wildman–Crippen MR) is 109 cm³/mol. The van der Waals surface area contributed by atoms with Gasteiger partial charge in [-0.2, -0.15) is 0 Å². The van der Waals surface area contributed by atoms with Crippen LogP contribution in [0.5, 0.6) is 11.5 Å². The van der Waals surface area contributed by atoms with Crippen molar-refractivity contribution in [1.29, 1.82) is 0 Å². The summed E-state index contributed by atoms with van der Waals surface area (Å²) in [6, 6.07) is 6.04. The quantitative estimate of drug-likeness (QED) is 0.569. The molecule has 2 saturated heterocycles. The van der Waals surface area contributed by atoms with Crippen LogP contribution in [0.3, 0.4) is 0 Å². The Hall–Kier alpha value is -1.99.